The molecule has 0 spiro atoms. The fraction of sp³-hybridized carbons (Fsp3) is 0.462. The van der Waals surface area contributed by atoms with Crippen LogP contribution in [-0.2, 0) is 9.53 Å². The van der Waals surface area contributed by atoms with Gasteiger partial charge in [-0.3, -0.25) is 14.7 Å². The molecule has 0 saturated carbocycles. The van der Waals surface area contributed by atoms with Crippen molar-refractivity contribution < 1.29 is 14.3 Å². The van der Waals surface area contributed by atoms with Crippen molar-refractivity contribution in [3.63, 3.8) is 0 Å². The van der Waals surface area contributed by atoms with Crippen molar-refractivity contribution in [1.82, 2.24) is 15.1 Å². The van der Waals surface area contributed by atoms with Crippen LogP contribution in [0.4, 0.5) is 0 Å². The van der Waals surface area contributed by atoms with Crippen LogP contribution in [0.2, 0.25) is 0 Å². The highest BCUT2D eigenvalue weighted by Crippen LogP contribution is 2.12. The van der Waals surface area contributed by atoms with E-state index >= 15 is 0 Å². The number of nitrogens with zero attached hydrogens (tertiary/aromatic N) is 2. The van der Waals surface area contributed by atoms with E-state index in [2.05, 4.69) is 16.8 Å². The first kappa shape index (κ1) is 14.9. The van der Waals surface area contributed by atoms with E-state index in [0.717, 1.165) is 0 Å². The van der Waals surface area contributed by atoms with Crippen LogP contribution in [0.3, 0.4) is 0 Å². The molecule has 0 aliphatic carbocycles. The van der Waals surface area contributed by atoms with Gasteiger partial charge in [-0.2, -0.15) is 5.10 Å². The van der Waals surface area contributed by atoms with E-state index < -0.39 is 5.97 Å². The van der Waals surface area contributed by atoms with Crippen LogP contribution in [-0.4, -0.2) is 46.7 Å². The lowest BCUT2D eigenvalue weighted by atomic mass is 10.1. The number of amides is 1. The van der Waals surface area contributed by atoms with Gasteiger partial charge in [0.15, 0.2) is 0 Å². The van der Waals surface area contributed by atoms with E-state index in [1.165, 1.54) is 4.90 Å². The lowest BCUT2D eigenvalue weighted by Gasteiger charge is -2.20. The molecule has 104 valence electrons. The van der Waals surface area contributed by atoms with E-state index in [1.807, 2.05) is 0 Å². The second-order valence-electron chi connectivity index (χ2n) is 4.09. The van der Waals surface area contributed by atoms with Crippen LogP contribution in [0.15, 0.2) is 12.7 Å². The summed E-state index contributed by atoms with van der Waals surface area (Å²) in [4.78, 5) is 25.3. The summed E-state index contributed by atoms with van der Waals surface area (Å²) in [6, 6.07) is 0. The number of carbonyl (C=O) groups excluding carboxylic acids is 2. The van der Waals surface area contributed by atoms with Gasteiger partial charge in [-0.25, -0.2) is 0 Å². The van der Waals surface area contributed by atoms with Crippen LogP contribution in [0.5, 0.6) is 0 Å². The maximum atomic E-state index is 12.4. The molecule has 1 amide bonds. The van der Waals surface area contributed by atoms with Gasteiger partial charge in [-0.05, 0) is 20.8 Å². The third-order valence-electron chi connectivity index (χ3n) is 2.60. The van der Waals surface area contributed by atoms with Crippen molar-refractivity contribution in [2.24, 2.45) is 0 Å². The zero-order chi connectivity index (χ0) is 14.4. The summed E-state index contributed by atoms with van der Waals surface area (Å²) in [6.07, 6.45) is 1.57. The first-order valence-electron chi connectivity index (χ1n) is 6.08. The molecule has 0 radical (unpaired) electrons. The third kappa shape index (κ3) is 3.67. The molecular formula is C13H19N3O3. The Labute approximate surface area is 112 Å². The number of ether oxygens (including phenoxy) is 1. The molecular weight excluding hydrogens is 246 g/mol. The molecule has 1 rings (SSSR count). The van der Waals surface area contributed by atoms with Crippen molar-refractivity contribution in [2.45, 2.75) is 20.8 Å². The quantitative estimate of drug-likeness (QED) is 0.620. The topological polar surface area (TPSA) is 75.3 Å². The number of H-pyrrole nitrogens is 1. The van der Waals surface area contributed by atoms with Crippen molar-refractivity contribution in [3.8, 4) is 0 Å². The molecule has 0 saturated heterocycles. The molecule has 19 heavy (non-hydrogen) atoms. The van der Waals surface area contributed by atoms with Gasteiger partial charge in [0.25, 0.3) is 5.91 Å². The van der Waals surface area contributed by atoms with Crippen LogP contribution >= 0.6 is 0 Å². The number of aryl methyl sites for hydroxylation is 2. The minimum absolute atomic E-state index is 0.0945. The minimum Gasteiger partial charge on any atom is -0.465 e. The van der Waals surface area contributed by atoms with Gasteiger partial charge in [-0.1, -0.05) is 6.08 Å². The summed E-state index contributed by atoms with van der Waals surface area (Å²) >= 11 is 0. The molecule has 0 aliphatic rings. The van der Waals surface area contributed by atoms with Crippen molar-refractivity contribution in [1.29, 1.82) is 0 Å². The Morgan fingerprint density at radius 3 is 2.63 bits per heavy atom. The first-order valence-corrected chi connectivity index (χ1v) is 6.08. The highest BCUT2D eigenvalue weighted by Gasteiger charge is 2.23. The summed E-state index contributed by atoms with van der Waals surface area (Å²) in [5, 5.41) is 6.73. The number of nitrogens with one attached hydrogen (secondary N) is 1. The van der Waals surface area contributed by atoms with Crippen molar-refractivity contribution >= 4 is 11.9 Å². The van der Waals surface area contributed by atoms with Gasteiger partial charge in [0.2, 0.25) is 0 Å². The first-order chi connectivity index (χ1) is 9.01. The molecule has 0 atom stereocenters. The predicted molar refractivity (Wildman–Crippen MR) is 70.8 cm³/mol. The summed E-state index contributed by atoms with van der Waals surface area (Å²) in [7, 11) is 0. The zero-order valence-electron chi connectivity index (χ0n) is 11.5. The Kier molecular flexibility index (Phi) is 5.29. The third-order valence-corrected chi connectivity index (χ3v) is 2.60. The second kappa shape index (κ2) is 6.72. The smallest absolute Gasteiger partial charge is 0.325 e. The fourth-order valence-electron chi connectivity index (χ4n) is 1.76. The molecule has 0 fully saturated rings. The lowest BCUT2D eigenvalue weighted by Crippen LogP contribution is -2.37. The summed E-state index contributed by atoms with van der Waals surface area (Å²) in [6.45, 7) is 9.30. The van der Waals surface area contributed by atoms with Gasteiger partial charge in [-0.15, -0.1) is 6.58 Å². The van der Waals surface area contributed by atoms with Crippen LogP contribution in [0, 0.1) is 13.8 Å². The molecule has 6 nitrogen and oxygen atoms in total. The number of hydrogen-bond acceptors (Lipinski definition) is 4. The average Bonchev–Trinajstić information content (AvgIpc) is 2.68. The highest BCUT2D eigenvalue weighted by molar-refractivity contribution is 5.98. The normalized spacial score (nSPS) is 10.1. The number of carbonyl (C=O) groups is 2. The van der Waals surface area contributed by atoms with E-state index in [4.69, 9.17) is 4.74 Å². The summed E-state index contributed by atoms with van der Waals surface area (Å²) in [5.41, 5.74) is 1.78. The molecule has 6 heteroatoms. The Hall–Kier alpha value is -2.11. The molecule has 1 heterocycles. The average molecular weight is 265 g/mol. The Morgan fingerprint density at radius 1 is 1.47 bits per heavy atom. The van der Waals surface area contributed by atoms with Crippen LogP contribution in [0.1, 0.15) is 28.7 Å². The predicted octanol–water partition coefficient (Wildman–Crippen LogP) is 1.22. The van der Waals surface area contributed by atoms with Crippen molar-refractivity contribution in [2.75, 3.05) is 19.7 Å². The molecule has 1 aromatic heterocycles. The standard InChI is InChI=1S/C13H19N3O3/c1-5-7-16(8-11(17)19-6-2)13(18)12-9(3)14-15-10(12)4/h5H,1,6-8H2,2-4H3,(H,14,15). The van der Waals surface area contributed by atoms with Crippen LogP contribution in [0.25, 0.3) is 0 Å². The number of rotatable bonds is 6. The maximum absolute atomic E-state index is 12.4. The number of aromatic nitrogens is 2. The van der Waals surface area contributed by atoms with Gasteiger partial charge < -0.3 is 9.64 Å². The van der Waals surface area contributed by atoms with E-state index in [-0.39, 0.29) is 19.0 Å². The lowest BCUT2D eigenvalue weighted by molar-refractivity contribution is -0.143. The monoisotopic (exact) mass is 265 g/mol. The largest absolute Gasteiger partial charge is 0.465 e. The van der Waals surface area contributed by atoms with Crippen LogP contribution < -0.4 is 0 Å². The molecule has 1 N–H and O–H groups in total. The van der Waals surface area contributed by atoms with E-state index in [1.54, 1.807) is 26.8 Å². The Bertz CT molecular complexity index is 460. The van der Waals surface area contributed by atoms with Gasteiger partial charge in [0.05, 0.1) is 17.9 Å². The maximum Gasteiger partial charge on any atom is 0.325 e. The van der Waals surface area contributed by atoms with E-state index in [9.17, 15) is 9.59 Å². The van der Waals surface area contributed by atoms with Gasteiger partial charge >= 0.3 is 5.97 Å². The SMILES string of the molecule is C=CCN(CC(=O)OCC)C(=O)c1c(C)n[nH]c1C. The Balaban J connectivity index is 2.90. The molecule has 1 aromatic rings. The second-order valence-corrected chi connectivity index (χ2v) is 4.09. The fourth-order valence-corrected chi connectivity index (χ4v) is 1.76. The Morgan fingerprint density at radius 2 is 2.16 bits per heavy atom. The number of esters is 1. The molecule has 0 aromatic carbocycles. The molecule has 0 unspecified atom stereocenters. The zero-order valence-corrected chi connectivity index (χ0v) is 11.5. The summed E-state index contributed by atoms with van der Waals surface area (Å²) in [5.74, 6) is -0.687. The van der Waals surface area contributed by atoms with Crippen molar-refractivity contribution in [3.05, 3.63) is 29.6 Å². The molecule has 0 aliphatic heterocycles. The number of hydrogen-bond donors (Lipinski definition) is 1. The van der Waals surface area contributed by atoms with Gasteiger partial charge in [0.1, 0.15) is 6.54 Å². The van der Waals surface area contributed by atoms with E-state index in [0.29, 0.717) is 23.6 Å². The summed E-state index contributed by atoms with van der Waals surface area (Å²) < 4.78 is 4.86. The minimum atomic E-state index is -0.434. The highest BCUT2D eigenvalue weighted by atomic mass is 16.5. The molecule has 0 bridgehead atoms. The van der Waals surface area contributed by atoms with Gasteiger partial charge in [0, 0.05) is 12.2 Å². The number of aromatic amines is 1.